The fourth-order valence-corrected chi connectivity index (χ4v) is 3.52. The molecule has 1 unspecified atom stereocenters. The summed E-state index contributed by atoms with van der Waals surface area (Å²) in [6.07, 6.45) is 2.36. The van der Waals surface area contributed by atoms with Crippen molar-refractivity contribution in [2.75, 3.05) is 25.1 Å². The maximum absolute atomic E-state index is 12.6. The molecular weight excluding hydrogens is 312 g/mol. The molecule has 1 N–H and O–H groups in total. The lowest BCUT2D eigenvalue weighted by atomic mass is 10.1. The molecule has 1 heterocycles. The van der Waals surface area contributed by atoms with E-state index >= 15 is 0 Å². The summed E-state index contributed by atoms with van der Waals surface area (Å²) in [5.74, 6) is 1.12. The summed E-state index contributed by atoms with van der Waals surface area (Å²) in [4.78, 5) is 14.6. The highest BCUT2D eigenvalue weighted by Gasteiger charge is 2.29. The van der Waals surface area contributed by atoms with Gasteiger partial charge in [0, 0.05) is 24.7 Å². The Labute approximate surface area is 149 Å². The number of amides is 1. The number of nitrogens with zero attached hydrogens (tertiary/aromatic N) is 1. The van der Waals surface area contributed by atoms with Gasteiger partial charge >= 0.3 is 0 Å². The molecule has 132 valence electrons. The Morgan fingerprint density at radius 1 is 1.16 bits per heavy atom. The van der Waals surface area contributed by atoms with Crippen LogP contribution < -0.4 is 15.0 Å². The first-order valence-electron chi connectivity index (χ1n) is 8.93. The highest BCUT2D eigenvalue weighted by molar-refractivity contribution is 5.96. The van der Waals surface area contributed by atoms with Crippen molar-refractivity contribution in [3.63, 3.8) is 0 Å². The number of para-hydroxylation sites is 2. The largest absolute Gasteiger partial charge is 0.496 e. The first-order chi connectivity index (χ1) is 12.2. The molecule has 1 atom stereocenters. The molecular formula is C21H26N2O2. The molecule has 0 spiro atoms. The maximum atomic E-state index is 12.6. The van der Waals surface area contributed by atoms with Crippen molar-refractivity contribution in [3.8, 4) is 5.75 Å². The van der Waals surface area contributed by atoms with Gasteiger partial charge in [-0.1, -0.05) is 36.4 Å². The van der Waals surface area contributed by atoms with Gasteiger partial charge in [-0.05, 0) is 49.6 Å². The van der Waals surface area contributed by atoms with E-state index in [2.05, 4.69) is 24.4 Å². The van der Waals surface area contributed by atoms with Crippen LogP contribution >= 0.6 is 0 Å². The van der Waals surface area contributed by atoms with Crippen LogP contribution in [0.3, 0.4) is 0 Å². The number of anilines is 1. The van der Waals surface area contributed by atoms with Gasteiger partial charge in [-0.2, -0.15) is 0 Å². The Bertz CT molecular complexity index is 729. The van der Waals surface area contributed by atoms with Gasteiger partial charge in [-0.25, -0.2) is 0 Å². The van der Waals surface area contributed by atoms with Gasteiger partial charge in [-0.3, -0.25) is 4.79 Å². The molecule has 0 bridgehead atoms. The third-order valence-corrected chi connectivity index (χ3v) is 4.76. The number of fused-ring (bicyclic) bond motifs is 1. The lowest BCUT2D eigenvalue weighted by Crippen LogP contribution is -2.37. The Kier molecular flexibility index (Phi) is 5.71. The second-order valence-electron chi connectivity index (χ2n) is 6.51. The van der Waals surface area contributed by atoms with E-state index in [4.69, 9.17) is 4.74 Å². The van der Waals surface area contributed by atoms with Crippen molar-refractivity contribution in [1.29, 1.82) is 0 Å². The van der Waals surface area contributed by atoms with Gasteiger partial charge in [0.05, 0.1) is 7.11 Å². The number of hydrogen-bond acceptors (Lipinski definition) is 3. The van der Waals surface area contributed by atoms with E-state index in [1.54, 1.807) is 7.11 Å². The van der Waals surface area contributed by atoms with E-state index in [1.165, 1.54) is 11.1 Å². The molecule has 1 aliphatic rings. The normalized spacial score (nSPS) is 15.9. The molecule has 0 aromatic heterocycles. The standard InChI is InChI=1S/C21H26N2O2/c1-16-15-18-8-3-5-9-19(18)23(16)21(24)12-14-22-13-11-17-7-4-6-10-20(17)25-2/h3-10,16,22H,11-15H2,1-2H3. The third kappa shape index (κ3) is 4.02. The van der Waals surface area contributed by atoms with Crippen LogP contribution in [0.25, 0.3) is 0 Å². The first kappa shape index (κ1) is 17.5. The number of carbonyl (C=O) groups excluding carboxylic acids is 1. The van der Waals surface area contributed by atoms with Gasteiger partial charge in [0.25, 0.3) is 0 Å². The van der Waals surface area contributed by atoms with E-state index in [0.29, 0.717) is 13.0 Å². The van der Waals surface area contributed by atoms with Gasteiger partial charge in [0.15, 0.2) is 0 Å². The average molecular weight is 338 g/mol. The molecule has 1 aliphatic heterocycles. The van der Waals surface area contributed by atoms with Crippen molar-refractivity contribution < 1.29 is 9.53 Å². The number of rotatable bonds is 7. The minimum Gasteiger partial charge on any atom is -0.496 e. The van der Waals surface area contributed by atoms with Gasteiger partial charge < -0.3 is 15.0 Å². The van der Waals surface area contributed by atoms with Crippen LogP contribution in [0.2, 0.25) is 0 Å². The van der Waals surface area contributed by atoms with E-state index in [0.717, 1.165) is 30.8 Å². The lowest BCUT2D eigenvalue weighted by Gasteiger charge is -2.22. The van der Waals surface area contributed by atoms with Crippen molar-refractivity contribution in [1.82, 2.24) is 5.32 Å². The molecule has 4 nitrogen and oxygen atoms in total. The molecule has 0 fully saturated rings. The van der Waals surface area contributed by atoms with Crippen molar-refractivity contribution >= 4 is 11.6 Å². The minimum absolute atomic E-state index is 0.197. The number of methoxy groups -OCH3 is 1. The van der Waals surface area contributed by atoms with Crippen LogP contribution in [0.5, 0.6) is 5.75 Å². The number of nitrogens with one attached hydrogen (secondary N) is 1. The summed E-state index contributed by atoms with van der Waals surface area (Å²) in [5, 5.41) is 3.38. The number of benzene rings is 2. The summed E-state index contributed by atoms with van der Waals surface area (Å²) in [7, 11) is 1.69. The summed E-state index contributed by atoms with van der Waals surface area (Å²) in [5.41, 5.74) is 3.53. The van der Waals surface area contributed by atoms with Crippen molar-refractivity contribution in [2.45, 2.75) is 32.2 Å². The molecule has 2 aromatic rings. The van der Waals surface area contributed by atoms with E-state index in [9.17, 15) is 4.79 Å². The number of ether oxygens (including phenoxy) is 1. The quantitative estimate of drug-likeness (QED) is 0.788. The van der Waals surface area contributed by atoms with Crippen molar-refractivity contribution in [2.24, 2.45) is 0 Å². The fourth-order valence-electron chi connectivity index (χ4n) is 3.52. The Balaban J connectivity index is 1.46. The Hall–Kier alpha value is -2.33. The van der Waals surface area contributed by atoms with Gasteiger partial charge in [-0.15, -0.1) is 0 Å². The topological polar surface area (TPSA) is 41.6 Å². The lowest BCUT2D eigenvalue weighted by molar-refractivity contribution is -0.118. The summed E-state index contributed by atoms with van der Waals surface area (Å²) in [6, 6.07) is 16.5. The summed E-state index contributed by atoms with van der Waals surface area (Å²) in [6.45, 7) is 3.65. The SMILES string of the molecule is COc1ccccc1CCNCCC(=O)N1c2ccccc2CC1C. The highest BCUT2D eigenvalue weighted by atomic mass is 16.5. The molecule has 2 aromatic carbocycles. The molecule has 1 amide bonds. The van der Waals surface area contributed by atoms with Crippen molar-refractivity contribution in [3.05, 3.63) is 59.7 Å². The number of carbonyl (C=O) groups is 1. The predicted molar refractivity (Wildman–Crippen MR) is 101 cm³/mol. The summed E-state index contributed by atoms with van der Waals surface area (Å²) >= 11 is 0. The van der Waals surface area contributed by atoms with Crippen LogP contribution in [0.15, 0.2) is 48.5 Å². The van der Waals surface area contributed by atoms with E-state index in [1.807, 2.05) is 41.3 Å². The summed E-state index contributed by atoms with van der Waals surface area (Å²) < 4.78 is 5.36. The first-order valence-corrected chi connectivity index (χ1v) is 8.93. The van der Waals surface area contributed by atoms with E-state index < -0.39 is 0 Å². The minimum atomic E-state index is 0.197. The van der Waals surface area contributed by atoms with Crippen LogP contribution in [0.1, 0.15) is 24.5 Å². The van der Waals surface area contributed by atoms with Crippen LogP contribution in [-0.4, -0.2) is 32.1 Å². The molecule has 0 saturated carbocycles. The Morgan fingerprint density at radius 2 is 1.92 bits per heavy atom. The zero-order chi connectivity index (χ0) is 17.6. The fraction of sp³-hybridized carbons (Fsp3) is 0.381. The molecule has 0 radical (unpaired) electrons. The van der Waals surface area contributed by atoms with Crippen LogP contribution in [-0.2, 0) is 17.6 Å². The monoisotopic (exact) mass is 338 g/mol. The van der Waals surface area contributed by atoms with E-state index in [-0.39, 0.29) is 11.9 Å². The molecule has 4 heteroatoms. The smallest absolute Gasteiger partial charge is 0.228 e. The number of hydrogen-bond donors (Lipinski definition) is 1. The maximum Gasteiger partial charge on any atom is 0.228 e. The second-order valence-corrected chi connectivity index (χ2v) is 6.51. The van der Waals surface area contributed by atoms with Crippen LogP contribution in [0, 0.1) is 0 Å². The highest BCUT2D eigenvalue weighted by Crippen LogP contribution is 2.32. The molecule has 0 aliphatic carbocycles. The zero-order valence-electron chi connectivity index (χ0n) is 15.0. The predicted octanol–water partition coefficient (Wildman–Crippen LogP) is 3.20. The third-order valence-electron chi connectivity index (χ3n) is 4.76. The average Bonchev–Trinajstić information content (AvgIpc) is 2.97. The van der Waals surface area contributed by atoms with Crippen LogP contribution in [0.4, 0.5) is 5.69 Å². The van der Waals surface area contributed by atoms with Gasteiger partial charge in [0.1, 0.15) is 5.75 Å². The molecule has 25 heavy (non-hydrogen) atoms. The van der Waals surface area contributed by atoms with Gasteiger partial charge in [0.2, 0.25) is 5.91 Å². The molecule has 0 saturated heterocycles. The molecule has 3 rings (SSSR count). The Morgan fingerprint density at radius 3 is 2.76 bits per heavy atom. The second kappa shape index (κ2) is 8.17. The zero-order valence-corrected chi connectivity index (χ0v) is 15.0.